The zero-order valence-electron chi connectivity index (χ0n) is 8.58. The summed E-state index contributed by atoms with van der Waals surface area (Å²) in [6, 6.07) is 4.41. The molecule has 6 heteroatoms. The van der Waals surface area contributed by atoms with Gasteiger partial charge < -0.3 is 0 Å². The van der Waals surface area contributed by atoms with Crippen molar-refractivity contribution in [2.24, 2.45) is 0 Å². The molecule has 1 aromatic rings. The summed E-state index contributed by atoms with van der Waals surface area (Å²) in [5.74, 6) is -0.456. The molecule has 0 saturated heterocycles. The lowest BCUT2D eigenvalue weighted by Crippen LogP contribution is -2.17. The van der Waals surface area contributed by atoms with E-state index in [-0.39, 0.29) is 17.0 Å². The Morgan fingerprint density at radius 2 is 2.12 bits per heavy atom. The van der Waals surface area contributed by atoms with Crippen LogP contribution in [0.5, 0.6) is 0 Å². The molecular formula is C10H11BrClFO2S. The first-order valence-electron chi connectivity index (χ1n) is 4.54. The molecule has 0 spiro atoms. The third-order valence-corrected chi connectivity index (χ3v) is 4.41. The van der Waals surface area contributed by atoms with E-state index in [1.165, 1.54) is 12.1 Å². The van der Waals surface area contributed by atoms with Gasteiger partial charge >= 0.3 is 0 Å². The van der Waals surface area contributed by atoms with Crippen molar-refractivity contribution in [1.29, 1.82) is 0 Å². The molecule has 0 amide bonds. The second-order valence-corrected chi connectivity index (χ2v) is 7.48. The van der Waals surface area contributed by atoms with E-state index >= 15 is 0 Å². The minimum atomic E-state index is -3.08. The van der Waals surface area contributed by atoms with E-state index in [4.69, 9.17) is 11.6 Å². The zero-order valence-corrected chi connectivity index (χ0v) is 11.7. The van der Waals surface area contributed by atoms with Gasteiger partial charge in [0.15, 0.2) is 0 Å². The first kappa shape index (κ1) is 13.9. The van der Waals surface area contributed by atoms with E-state index < -0.39 is 15.7 Å². The van der Waals surface area contributed by atoms with Crippen LogP contribution in [0.25, 0.3) is 0 Å². The highest BCUT2D eigenvalue weighted by molar-refractivity contribution is 9.09. The van der Waals surface area contributed by atoms with E-state index in [1.54, 1.807) is 6.07 Å². The molecule has 0 aliphatic heterocycles. The summed E-state index contributed by atoms with van der Waals surface area (Å²) >= 11 is 9.05. The lowest BCUT2D eigenvalue weighted by molar-refractivity contribution is 0.595. The van der Waals surface area contributed by atoms with Crippen molar-refractivity contribution in [1.82, 2.24) is 0 Å². The van der Waals surface area contributed by atoms with Gasteiger partial charge in [-0.2, -0.15) is 0 Å². The van der Waals surface area contributed by atoms with Crippen molar-refractivity contribution in [3.63, 3.8) is 0 Å². The topological polar surface area (TPSA) is 34.1 Å². The summed E-state index contributed by atoms with van der Waals surface area (Å²) in [4.78, 5) is -0.336. The van der Waals surface area contributed by atoms with E-state index in [1.807, 2.05) is 0 Å². The molecule has 0 N–H and O–H groups in total. The molecule has 2 nitrogen and oxygen atoms in total. The maximum atomic E-state index is 13.4. The second-order valence-electron chi connectivity index (χ2n) is 3.59. The van der Waals surface area contributed by atoms with Gasteiger partial charge in [-0.1, -0.05) is 33.6 Å². The van der Waals surface area contributed by atoms with Gasteiger partial charge in [0.05, 0.1) is 5.75 Å². The van der Waals surface area contributed by atoms with Gasteiger partial charge in [0.25, 0.3) is 0 Å². The number of hydrogen-bond acceptors (Lipinski definition) is 2. The Hall–Kier alpha value is -0.130. The predicted octanol–water partition coefficient (Wildman–Crippen LogP) is 2.83. The van der Waals surface area contributed by atoms with Gasteiger partial charge in [-0.3, -0.25) is 0 Å². The smallest absolute Gasteiger partial charge is 0.148 e. The van der Waals surface area contributed by atoms with Crippen LogP contribution in [0.2, 0.25) is 5.02 Å². The Labute approximate surface area is 108 Å². The number of hydrogen-bond donors (Lipinski definition) is 0. The van der Waals surface area contributed by atoms with Crippen molar-refractivity contribution in [3.05, 3.63) is 34.6 Å². The Balaban J connectivity index is 2.81. The molecule has 16 heavy (non-hydrogen) atoms. The van der Waals surface area contributed by atoms with Gasteiger partial charge in [0.1, 0.15) is 15.7 Å². The molecule has 1 unspecified atom stereocenters. The second kappa shape index (κ2) is 5.47. The summed E-state index contributed by atoms with van der Waals surface area (Å²) in [6.45, 7) is 0. The maximum absolute atomic E-state index is 13.4. The quantitative estimate of drug-likeness (QED) is 0.796. The van der Waals surface area contributed by atoms with Gasteiger partial charge in [0, 0.05) is 21.7 Å². The lowest BCUT2D eigenvalue weighted by atomic mass is 10.1. The van der Waals surface area contributed by atoms with Crippen molar-refractivity contribution in [2.45, 2.75) is 11.2 Å². The minimum absolute atomic E-state index is 0.0440. The Morgan fingerprint density at radius 1 is 1.50 bits per heavy atom. The molecule has 0 heterocycles. The summed E-state index contributed by atoms with van der Waals surface area (Å²) in [6.07, 6.45) is 1.39. The van der Waals surface area contributed by atoms with Crippen molar-refractivity contribution in [3.8, 4) is 0 Å². The molecule has 1 rings (SSSR count). The SMILES string of the molecule is CS(=O)(=O)CC(Br)Cc1c(F)cccc1Cl. The highest BCUT2D eigenvalue weighted by atomic mass is 79.9. The third kappa shape index (κ3) is 4.39. The van der Waals surface area contributed by atoms with Gasteiger partial charge in [-0.15, -0.1) is 0 Å². The van der Waals surface area contributed by atoms with Crippen LogP contribution in [-0.4, -0.2) is 25.3 Å². The van der Waals surface area contributed by atoms with E-state index in [0.717, 1.165) is 6.26 Å². The average molecular weight is 330 g/mol. The molecule has 1 aromatic carbocycles. The molecular weight excluding hydrogens is 319 g/mol. The molecule has 0 aliphatic rings. The van der Waals surface area contributed by atoms with Crippen molar-refractivity contribution >= 4 is 37.4 Å². The van der Waals surface area contributed by atoms with E-state index in [2.05, 4.69) is 15.9 Å². The fourth-order valence-corrected chi connectivity index (χ4v) is 4.12. The standard InChI is InChI=1S/C10H11BrClFO2S/c1-16(14,15)6-7(11)5-8-9(12)3-2-4-10(8)13/h2-4,7H,5-6H2,1H3. The van der Waals surface area contributed by atoms with Gasteiger partial charge in [-0.05, 0) is 18.6 Å². The minimum Gasteiger partial charge on any atom is -0.229 e. The summed E-state index contributed by atoms with van der Waals surface area (Å²) in [7, 11) is -3.08. The Morgan fingerprint density at radius 3 is 2.62 bits per heavy atom. The summed E-state index contributed by atoms with van der Waals surface area (Å²) in [5, 5.41) is 0.318. The van der Waals surface area contributed by atoms with Crippen LogP contribution in [0.3, 0.4) is 0 Å². The number of benzene rings is 1. The molecule has 0 fully saturated rings. The third-order valence-electron chi connectivity index (χ3n) is 1.97. The highest BCUT2D eigenvalue weighted by Crippen LogP contribution is 2.23. The Kier molecular flexibility index (Phi) is 4.76. The van der Waals surface area contributed by atoms with Crippen molar-refractivity contribution in [2.75, 3.05) is 12.0 Å². The van der Waals surface area contributed by atoms with E-state index in [0.29, 0.717) is 10.6 Å². The van der Waals surface area contributed by atoms with E-state index in [9.17, 15) is 12.8 Å². The zero-order chi connectivity index (χ0) is 12.3. The van der Waals surface area contributed by atoms with Crippen LogP contribution in [-0.2, 0) is 16.3 Å². The lowest BCUT2D eigenvalue weighted by Gasteiger charge is -2.10. The Bertz CT molecular complexity index is 455. The predicted molar refractivity (Wildman–Crippen MR) is 67.5 cm³/mol. The fourth-order valence-electron chi connectivity index (χ4n) is 1.34. The van der Waals surface area contributed by atoms with Crippen LogP contribution in [0, 0.1) is 5.82 Å². The number of rotatable bonds is 4. The number of sulfone groups is 1. The van der Waals surface area contributed by atoms with Crippen LogP contribution in [0.15, 0.2) is 18.2 Å². The summed E-state index contributed by atoms with van der Waals surface area (Å²) < 4.78 is 35.5. The first-order chi connectivity index (χ1) is 7.29. The first-order valence-corrected chi connectivity index (χ1v) is 7.89. The van der Waals surface area contributed by atoms with Crippen molar-refractivity contribution < 1.29 is 12.8 Å². The number of alkyl halides is 1. The molecule has 0 bridgehead atoms. The largest absolute Gasteiger partial charge is 0.229 e. The fraction of sp³-hybridized carbons (Fsp3) is 0.400. The highest BCUT2D eigenvalue weighted by Gasteiger charge is 2.16. The van der Waals surface area contributed by atoms with Crippen LogP contribution < -0.4 is 0 Å². The van der Waals surface area contributed by atoms with Crippen LogP contribution >= 0.6 is 27.5 Å². The molecule has 90 valence electrons. The normalized spacial score (nSPS) is 13.8. The molecule has 0 aliphatic carbocycles. The molecule has 1 atom stereocenters. The van der Waals surface area contributed by atoms with Gasteiger partial charge in [0.2, 0.25) is 0 Å². The van der Waals surface area contributed by atoms with Crippen LogP contribution in [0.4, 0.5) is 4.39 Å². The maximum Gasteiger partial charge on any atom is 0.148 e. The summed E-state index contributed by atoms with van der Waals surface area (Å²) in [5.41, 5.74) is 0.342. The average Bonchev–Trinajstić information content (AvgIpc) is 2.08. The number of halogens is 3. The van der Waals surface area contributed by atoms with Crippen LogP contribution in [0.1, 0.15) is 5.56 Å². The molecule has 0 saturated carbocycles. The monoisotopic (exact) mass is 328 g/mol. The molecule has 0 aromatic heterocycles. The molecule has 0 radical (unpaired) electrons. The van der Waals surface area contributed by atoms with Gasteiger partial charge in [-0.25, -0.2) is 12.8 Å².